The van der Waals surface area contributed by atoms with Gasteiger partial charge >= 0.3 is 0 Å². The monoisotopic (exact) mass is 349 g/mol. The minimum atomic E-state index is -0.418. The molecule has 7 nitrogen and oxygen atoms in total. The standard InChI is InChI=1S/C17H20FN3O4/c1-19-15(22)10-14(17(19)24)20-5-7-21(8-6-20)16(23)11-25-13-4-2-3-12(18)9-13/h2-4,9,14H,5-8,10-11H2,1H3. The predicted molar refractivity (Wildman–Crippen MR) is 86.2 cm³/mol. The molecule has 134 valence electrons. The van der Waals surface area contributed by atoms with Crippen LogP contribution >= 0.6 is 0 Å². The number of ether oxygens (including phenoxy) is 1. The van der Waals surface area contributed by atoms with Crippen LogP contribution in [0.1, 0.15) is 6.42 Å². The number of amides is 3. The Morgan fingerprint density at radius 3 is 2.56 bits per heavy atom. The summed E-state index contributed by atoms with van der Waals surface area (Å²) < 4.78 is 18.4. The van der Waals surface area contributed by atoms with Crippen molar-refractivity contribution in [2.75, 3.05) is 39.8 Å². The van der Waals surface area contributed by atoms with Crippen LogP contribution in [0.15, 0.2) is 24.3 Å². The van der Waals surface area contributed by atoms with Crippen molar-refractivity contribution < 1.29 is 23.5 Å². The fraction of sp³-hybridized carbons (Fsp3) is 0.471. The molecule has 2 fully saturated rings. The summed E-state index contributed by atoms with van der Waals surface area (Å²) in [4.78, 5) is 40.6. The number of rotatable bonds is 4. The lowest BCUT2D eigenvalue weighted by atomic mass is 10.1. The van der Waals surface area contributed by atoms with Crippen molar-refractivity contribution in [2.24, 2.45) is 0 Å². The number of benzene rings is 1. The molecule has 8 heteroatoms. The number of likely N-dealkylation sites (tertiary alicyclic amines) is 1. The van der Waals surface area contributed by atoms with Gasteiger partial charge in [-0.1, -0.05) is 6.07 Å². The zero-order valence-electron chi connectivity index (χ0n) is 14.0. The summed E-state index contributed by atoms with van der Waals surface area (Å²) in [6.45, 7) is 1.83. The second-order valence-corrected chi connectivity index (χ2v) is 6.17. The second-order valence-electron chi connectivity index (χ2n) is 6.17. The van der Waals surface area contributed by atoms with E-state index < -0.39 is 11.9 Å². The first kappa shape index (κ1) is 17.3. The topological polar surface area (TPSA) is 70.2 Å². The molecule has 0 aliphatic carbocycles. The molecule has 1 atom stereocenters. The van der Waals surface area contributed by atoms with E-state index in [1.807, 2.05) is 4.90 Å². The largest absolute Gasteiger partial charge is 0.484 e. The zero-order chi connectivity index (χ0) is 18.0. The SMILES string of the molecule is CN1C(=O)CC(N2CCN(C(=O)COc3cccc(F)c3)CC2)C1=O. The Hall–Kier alpha value is -2.48. The molecule has 3 rings (SSSR count). The van der Waals surface area contributed by atoms with Crippen molar-refractivity contribution in [1.29, 1.82) is 0 Å². The fourth-order valence-corrected chi connectivity index (χ4v) is 3.10. The predicted octanol–water partition coefficient (Wildman–Crippen LogP) is 0.106. The van der Waals surface area contributed by atoms with Crippen LogP contribution in [-0.4, -0.2) is 78.3 Å². The lowest BCUT2D eigenvalue weighted by molar-refractivity contribution is -0.138. The Labute approximate surface area is 144 Å². The Morgan fingerprint density at radius 1 is 1.24 bits per heavy atom. The lowest BCUT2D eigenvalue weighted by Crippen LogP contribution is -2.54. The Bertz CT molecular complexity index is 688. The maximum absolute atomic E-state index is 13.1. The Kier molecular flexibility index (Phi) is 4.98. The fourth-order valence-electron chi connectivity index (χ4n) is 3.10. The third-order valence-corrected chi connectivity index (χ3v) is 4.62. The van der Waals surface area contributed by atoms with E-state index in [-0.39, 0.29) is 30.7 Å². The number of hydrogen-bond acceptors (Lipinski definition) is 5. The number of carbonyl (C=O) groups is 3. The van der Waals surface area contributed by atoms with Crippen molar-refractivity contribution in [2.45, 2.75) is 12.5 Å². The number of nitrogens with zero attached hydrogens (tertiary/aromatic N) is 3. The van der Waals surface area contributed by atoms with Gasteiger partial charge in [0.05, 0.1) is 12.5 Å². The molecule has 0 radical (unpaired) electrons. The third-order valence-electron chi connectivity index (χ3n) is 4.62. The lowest BCUT2D eigenvalue weighted by Gasteiger charge is -2.36. The van der Waals surface area contributed by atoms with Crippen LogP contribution in [0, 0.1) is 5.82 Å². The van der Waals surface area contributed by atoms with Gasteiger partial charge in [-0.25, -0.2) is 4.39 Å². The van der Waals surface area contributed by atoms with Gasteiger partial charge in [-0.3, -0.25) is 24.2 Å². The van der Waals surface area contributed by atoms with Gasteiger partial charge < -0.3 is 9.64 Å². The molecular weight excluding hydrogens is 329 g/mol. The molecule has 1 unspecified atom stereocenters. The van der Waals surface area contributed by atoms with Crippen molar-refractivity contribution in [3.8, 4) is 5.75 Å². The Balaban J connectivity index is 1.48. The van der Waals surface area contributed by atoms with Gasteiger partial charge in [-0.05, 0) is 12.1 Å². The zero-order valence-corrected chi connectivity index (χ0v) is 14.0. The summed E-state index contributed by atoms with van der Waals surface area (Å²) in [7, 11) is 1.49. The normalized spacial score (nSPS) is 21.8. The van der Waals surface area contributed by atoms with Crippen molar-refractivity contribution in [3.05, 3.63) is 30.1 Å². The minimum Gasteiger partial charge on any atom is -0.484 e. The van der Waals surface area contributed by atoms with Crippen LogP contribution in [0.3, 0.4) is 0 Å². The maximum atomic E-state index is 13.1. The third kappa shape index (κ3) is 3.79. The van der Waals surface area contributed by atoms with Crippen LogP contribution < -0.4 is 4.74 Å². The molecule has 0 aromatic heterocycles. The molecule has 0 spiro atoms. The van der Waals surface area contributed by atoms with Gasteiger partial charge in [0.2, 0.25) is 11.8 Å². The number of likely N-dealkylation sites (N-methyl/N-ethyl adjacent to an activating group) is 1. The van der Waals surface area contributed by atoms with Crippen LogP contribution in [0.4, 0.5) is 4.39 Å². The Morgan fingerprint density at radius 2 is 1.96 bits per heavy atom. The first-order chi connectivity index (χ1) is 12.0. The first-order valence-corrected chi connectivity index (χ1v) is 8.16. The summed E-state index contributed by atoms with van der Waals surface area (Å²) in [5, 5.41) is 0. The number of carbonyl (C=O) groups excluding carboxylic acids is 3. The van der Waals surface area contributed by atoms with Gasteiger partial charge in [-0.15, -0.1) is 0 Å². The minimum absolute atomic E-state index is 0.160. The quantitative estimate of drug-likeness (QED) is 0.722. The van der Waals surface area contributed by atoms with E-state index in [2.05, 4.69) is 0 Å². The van der Waals surface area contributed by atoms with Crippen molar-refractivity contribution in [1.82, 2.24) is 14.7 Å². The average molecular weight is 349 g/mol. The molecule has 2 aliphatic heterocycles. The van der Waals surface area contributed by atoms with Gasteiger partial charge in [-0.2, -0.15) is 0 Å². The van der Waals surface area contributed by atoms with Gasteiger partial charge in [0.25, 0.3) is 5.91 Å². The van der Waals surface area contributed by atoms with Crippen LogP contribution in [-0.2, 0) is 14.4 Å². The maximum Gasteiger partial charge on any atom is 0.260 e. The molecule has 0 N–H and O–H groups in total. The molecule has 3 amide bonds. The molecular formula is C17H20FN3O4. The number of imide groups is 1. The average Bonchev–Trinajstić information content (AvgIpc) is 2.87. The highest BCUT2D eigenvalue weighted by atomic mass is 19.1. The molecule has 2 aliphatic rings. The van der Waals surface area contributed by atoms with Gasteiger partial charge in [0.1, 0.15) is 11.6 Å². The van der Waals surface area contributed by atoms with Crippen LogP contribution in [0.5, 0.6) is 5.75 Å². The number of halogens is 1. The van der Waals surface area contributed by atoms with Crippen molar-refractivity contribution >= 4 is 17.7 Å². The summed E-state index contributed by atoms with van der Waals surface area (Å²) in [6, 6.07) is 5.22. The molecule has 0 saturated carbocycles. The summed E-state index contributed by atoms with van der Waals surface area (Å²) >= 11 is 0. The van der Waals surface area contributed by atoms with E-state index in [0.717, 1.165) is 4.90 Å². The summed E-state index contributed by atoms with van der Waals surface area (Å²) in [5.74, 6) is -0.643. The van der Waals surface area contributed by atoms with E-state index in [1.165, 1.54) is 25.2 Å². The molecule has 2 saturated heterocycles. The van der Waals surface area contributed by atoms with Crippen molar-refractivity contribution in [3.63, 3.8) is 0 Å². The van der Waals surface area contributed by atoms with Gasteiger partial charge in [0, 0.05) is 39.3 Å². The molecule has 2 heterocycles. The van der Waals surface area contributed by atoms with Gasteiger partial charge in [0.15, 0.2) is 6.61 Å². The van der Waals surface area contributed by atoms with Crippen LogP contribution in [0.25, 0.3) is 0 Å². The summed E-state index contributed by atoms with van der Waals surface area (Å²) in [5.41, 5.74) is 0. The van der Waals surface area contributed by atoms with Crippen LogP contribution in [0.2, 0.25) is 0 Å². The molecule has 0 bridgehead atoms. The van der Waals surface area contributed by atoms with E-state index in [9.17, 15) is 18.8 Å². The number of hydrogen-bond donors (Lipinski definition) is 0. The van der Waals surface area contributed by atoms with E-state index in [0.29, 0.717) is 31.9 Å². The molecule has 1 aromatic rings. The van der Waals surface area contributed by atoms with E-state index in [4.69, 9.17) is 4.74 Å². The highest BCUT2D eigenvalue weighted by molar-refractivity contribution is 6.05. The van der Waals surface area contributed by atoms with E-state index in [1.54, 1.807) is 11.0 Å². The summed E-state index contributed by atoms with van der Waals surface area (Å²) in [6.07, 6.45) is 0.200. The first-order valence-electron chi connectivity index (χ1n) is 8.16. The smallest absolute Gasteiger partial charge is 0.260 e. The molecule has 1 aromatic carbocycles. The second kappa shape index (κ2) is 7.18. The highest BCUT2D eigenvalue weighted by Crippen LogP contribution is 2.19. The molecule has 25 heavy (non-hydrogen) atoms. The number of piperazine rings is 1. The highest BCUT2D eigenvalue weighted by Gasteiger charge is 2.40. The van der Waals surface area contributed by atoms with E-state index >= 15 is 0 Å².